The van der Waals surface area contributed by atoms with Crippen molar-refractivity contribution >= 4 is 11.3 Å². The van der Waals surface area contributed by atoms with Gasteiger partial charge in [0.15, 0.2) is 0 Å². The molecule has 0 aliphatic carbocycles. The maximum Gasteiger partial charge on any atom is 0.142 e. The number of likely N-dealkylation sites (N-methyl/N-ethyl adjacent to an activating group) is 1. The molecular weight excluding hydrogens is 230 g/mol. The molecule has 0 spiro atoms. The van der Waals surface area contributed by atoms with Crippen LogP contribution in [0.5, 0.6) is 0 Å². The Balaban J connectivity index is 2.24. The number of nitrogens with one attached hydrogen (secondary N) is 1. The maximum atomic E-state index is 4.64. The van der Waals surface area contributed by atoms with Crippen LogP contribution in [0.4, 0.5) is 0 Å². The van der Waals surface area contributed by atoms with E-state index in [1.807, 2.05) is 19.3 Å². The highest BCUT2D eigenvalue weighted by Gasteiger charge is 2.09. The van der Waals surface area contributed by atoms with Gasteiger partial charge in [0.2, 0.25) is 0 Å². The van der Waals surface area contributed by atoms with Crippen molar-refractivity contribution < 1.29 is 0 Å². The molecule has 0 aliphatic heterocycles. The van der Waals surface area contributed by atoms with E-state index in [0.29, 0.717) is 0 Å². The smallest absolute Gasteiger partial charge is 0.142 e. The van der Waals surface area contributed by atoms with Crippen molar-refractivity contribution in [1.29, 1.82) is 0 Å². The van der Waals surface area contributed by atoms with Gasteiger partial charge < -0.3 is 5.32 Å². The lowest BCUT2D eigenvalue weighted by Gasteiger charge is -2.02. The summed E-state index contributed by atoms with van der Waals surface area (Å²) in [6.45, 7) is 3.11. The average Bonchev–Trinajstić information content (AvgIpc) is 2.85. The fourth-order valence-corrected chi connectivity index (χ4v) is 2.58. The normalized spacial score (nSPS) is 10.7. The molecule has 2 aromatic heterocycles. The Kier molecular flexibility index (Phi) is 4.23. The van der Waals surface area contributed by atoms with Gasteiger partial charge in [-0.2, -0.15) is 0 Å². The molecule has 1 N–H and O–H groups in total. The topological polar surface area (TPSA) is 37.8 Å². The summed E-state index contributed by atoms with van der Waals surface area (Å²) >= 11 is 1.68. The number of rotatable bonds is 5. The van der Waals surface area contributed by atoms with E-state index in [0.717, 1.165) is 35.8 Å². The fourth-order valence-electron chi connectivity index (χ4n) is 1.70. The van der Waals surface area contributed by atoms with Crippen molar-refractivity contribution in [2.24, 2.45) is 0 Å². The molecule has 3 nitrogen and oxygen atoms in total. The Morgan fingerprint density at radius 1 is 1.41 bits per heavy atom. The van der Waals surface area contributed by atoms with Gasteiger partial charge in [-0.15, -0.1) is 11.3 Å². The van der Waals surface area contributed by atoms with Crippen LogP contribution in [-0.4, -0.2) is 23.6 Å². The van der Waals surface area contributed by atoms with E-state index in [1.54, 1.807) is 11.3 Å². The van der Waals surface area contributed by atoms with Crippen molar-refractivity contribution in [1.82, 2.24) is 15.3 Å². The predicted octanol–water partition coefficient (Wildman–Crippen LogP) is 2.53. The van der Waals surface area contributed by atoms with E-state index in [9.17, 15) is 0 Å². The van der Waals surface area contributed by atoms with Gasteiger partial charge in [-0.1, -0.05) is 13.0 Å². The first-order chi connectivity index (χ1) is 8.35. The third-order valence-electron chi connectivity index (χ3n) is 2.66. The van der Waals surface area contributed by atoms with Crippen molar-refractivity contribution in [3.05, 3.63) is 35.0 Å². The largest absolute Gasteiger partial charge is 0.319 e. The number of hydrogen-bond donors (Lipinski definition) is 1. The first-order valence-corrected chi connectivity index (χ1v) is 6.76. The third-order valence-corrected chi connectivity index (χ3v) is 3.56. The molecule has 4 heteroatoms. The molecule has 0 radical (unpaired) electrons. The van der Waals surface area contributed by atoms with E-state index >= 15 is 0 Å². The van der Waals surface area contributed by atoms with Gasteiger partial charge in [-0.05, 0) is 25.1 Å². The molecule has 2 aromatic rings. The minimum atomic E-state index is 0.964. The van der Waals surface area contributed by atoms with Gasteiger partial charge in [-0.3, -0.25) is 4.98 Å². The number of thiazole rings is 1. The summed E-state index contributed by atoms with van der Waals surface area (Å²) in [7, 11) is 1.96. The Morgan fingerprint density at radius 3 is 3.06 bits per heavy atom. The Labute approximate surface area is 106 Å². The standard InChI is InChI=1S/C13H17N3S/c1-3-10-5-4-7-15-12(10)13-16-11(9-17-13)6-8-14-2/h4-5,7,9,14H,3,6,8H2,1-2H3. The Hall–Kier alpha value is -1.26. The molecule has 0 aromatic carbocycles. The molecule has 0 atom stereocenters. The van der Waals surface area contributed by atoms with Crippen molar-refractivity contribution in [3.8, 4) is 10.7 Å². The molecule has 0 aliphatic rings. The Bertz CT molecular complexity index is 479. The first kappa shape index (κ1) is 12.2. The van der Waals surface area contributed by atoms with Crippen LogP contribution in [0.1, 0.15) is 18.2 Å². The summed E-state index contributed by atoms with van der Waals surface area (Å²) in [5.74, 6) is 0. The summed E-state index contributed by atoms with van der Waals surface area (Å²) in [6, 6.07) is 4.11. The van der Waals surface area contributed by atoms with Crippen LogP contribution in [0.2, 0.25) is 0 Å². The van der Waals surface area contributed by atoms with Gasteiger partial charge in [0.1, 0.15) is 10.7 Å². The SMILES string of the molecule is CCc1cccnc1-c1nc(CCNC)cs1. The zero-order valence-corrected chi connectivity index (χ0v) is 11.0. The second-order valence-corrected chi connectivity index (χ2v) is 4.72. The molecule has 17 heavy (non-hydrogen) atoms. The number of aromatic nitrogens is 2. The van der Waals surface area contributed by atoms with Crippen molar-refractivity contribution in [3.63, 3.8) is 0 Å². The number of aryl methyl sites for hydroxylation is 1. The molecular formula is C13H17N3S. The quantitative estimate of drug-likeness (QED) is 0.882. The summed E-state index contributed by atoms with van der Waals surface area (Å²) < 4.78 is 0. The van der Waals surface area contributed by atoms with Gasteiger partial charge in [-0.25, -0.2) is 4.98 Å². The second kappa shape index (κ2) is 5.89. The summed E-state index contributed by atoms with van der Waals surface area (Å²) in [4.78, 5) is 9.09. The van der Waals surface area contributed by atoms with Crippen molar-refractivity contribution in [2.75, 3.05) is 13.6 Å². The molecule has 0 saturated heterocycles. The lowest BCUT2D eigenvalue weighted by Crippen LogP contribution is -2.10. The summed E-state index contributed by atoms with van der Waals surface area (Å²) in [6.07, 6.45) is 3.80. The van der Waals surface area contributed by atoms with Crippen LogP contribution < -0.4 is 5.32 Å². The molecule has 2 heterocycles. The third kappa shape index (κ3) is 2.90. The van der Waals surface area contributed by atoms with Crippen LogP contribution in [0.25, 0.3) is 10.7 Å². The minimum Gasteiger partial charge on any atom is -0.319 e. The van der Waals surface area contributed by atoms with Gasteiger partial charge in [0, 0.05) is 24.5 Å². The van der Waals surface area contributed by atoms with Gasteiger partial charge >= 0.3 is 0 Å². The van der Waals surface area contributed by atoms with Crippen LogP contribution in [0.15, 0.2) is 23.7 Å². The van der Waals surface area contributed by atoms with Crippen LogP contribution >= 0.6 is 11.3 Å². The van der Waals surface area contributed by atoms with E-state index in [2.05, 4.69) is 33.7 Å². The Morgan fingerprint density at radius 2 is 2.29 bits per heavy atom. The van der Waals surface area contributed by atoms with Crippen LogP contribution in [0, 0.1) is 0 Å². The second-order valence-electron chi connectivity index (χ2n) is 3.86. The summed E-state index contributed by atoms with van der Waals surface area (Å²) in [5, 5.41) is 6.30. The molecule has 0 unspecified atom stereocenters. The van der Waals surface area contributed by atoms with Gasteiger partial charge in [0.05, 0.1) is 5.69 Å². The number of pyridine rings is 1. The molecule has 90 valence electrons. The lowest BCUT2D eigenvalue weighted by molar-refractivity contribution is 0.780. The fraction of sp³-hybridized carbons (Fsp3) is 0.385. The zero-order chi connectivity index (χ0) is 12.1. The van der Waals surface area contributed by atoms with Gasteiger partial charge in [0.25, 0.3) is 0 Å². The highest BCUT2D eigenvalue weighted by Crippen LogP contribution is 2.25. The minimum absolute atomic E-state index is 0.964. The van der Waals surface area contributed by atoms with E-state index in [1.165, 1.54) is 5.56 Å². The number of nitrogens with zero attached hydrogens (tertiary/aromatic N) is 2. The number of hydrogen-bond acceptors (Lipinski definition) is 4. The molecule has 0 bridgehead atoms. The molecule has 2 rings (SSSR count). The average molecular weight is 247 g/mol. The lowest BCUT2D eigenvalue weighted by atomic mass is 10.1. The van der Waals surface area contributed by atoms with Crippen LogP contribution in [0.3, 0.4) is 0 Å². The molecule has 0 saturated carbocycles. The van der Waals surface area contributed by atoms with Crippen LogP contribution in [-0.2, 0) is 12.8 Å². The summed E-state index contributed by atoms with van der Waals surface area (Å²) in [5.41, 5.74) is 3.45. The zero-order valence-electron chi connectivity index (χ0n) is 10.2. The first-order valence-electron chi connectivity index (χ1n) is 5.88. The van der Waals surface area contributed by atoms with Crippen molar-refractivity contribution in [2.45, 2.75) is 19.8 Å². The van der Waals surface area contributed by atoms with E-state index in [4.69, 9.17) is 0 Å². The van der Waals surface area contributed by atoms with E-state index < -0.39 is 0 Å². The van der Waals surface area contributed by atoms with E-state index in [-0.39, 0.29) is 0 Å². The maximum absolute atomic E-state index is 4.64. The molecule has 0 amide bonds. The highest BCUT2D eigenvalue weighted by molar-refractivity contribution is 7.13. The monoisotopic (exact) mass is 247 g/mol. The molecule has 0 fully saturated rings. The highest BCUT2D eigenvalue weighted by atomic mass is 32.1. The predicted molar refractivity (Wildman–Crippen MR) is 72.4 cm³/mol.